The molecular formula is C25H35N3O5S. The molecule has 0 saturated carbocycles. The predicted molar refractivity (Wildman–Crippen MR) is 130 cm³/mol. The van der Waals surface area contributed by atoms with Crippen LogP contribution >= 0.6 is 0 Å². The molecule has 0 unspecified atom stereocenters. The maximum atomic E-state index is 13.2. The van der Waals surface area contributed by atoms with E-state index in [1.165, 1.54) is 0 Å². The van der Waals surface area contributed by atoms with E-state index in [1.807, 2.05) is 36.7 Å². The lowest BCUT2D eigenvalue weighted by Crippen LogP contribution is -2.33. The summed E-state index contributed by atoms with van der Waals surface area (Å²) in [4.78, 5) is 24.8. The van der Waals surface area contributed by atoms with Gasteiger partial charge < -0.3 is 14.6 Å². The first-order valence-electron chi connectivity index (χ1n) is 12.1. The van der Waals surface area contributed by atoms with Crippen molar-refractivity contribution in [2.45, 2.75) is 64.3 Å². The third-order valence-corrected chi connectivity index (χ3v) is 8.04. The van der Waals surface area contributed by atoms with Crippen LogP contribution in [0.25, 0.3) is 0 Å². The quantitative estimate of drug-likeness (QED) is 0.575. The van der Waals surface area contributed by atoms with Crippen LogP contribution in [0.3, 0.4) is 0 Å². The number of carbonyl (C=O) groups is 2. The molecule has 1 aromatic carbocycles. The van der Waals surface area contributed by atoms with E-state index in [9.17, 15) is 18.0 Å². The van der Waals surface area contributed by atoms with Gasteiger partial charge >= 0.3 is 5.97 Å². The lowest BCUT2D eigenvalue weighted by molar-refractivity contribution is -0.143. The molecule has 0 spiro atoms. The standard InChI is InChI=1S/C23H29N3O5S.C2H6/c1-2-31-21(27)10-14-25-16-18(22-19(25)9-11-24-23(22)28)15-17-7-3-4-8-20(17)32(29,30)26-12-5-6-13-26;1-2/h3-4,7-8,16H,2,5-6,9-15H2,1H3,(H,24,28);1-2H3. The number of fused-ring (bicyclic) bond motifs is 1. The van der Waals surface area contributed by atoms with Crippen LogP contribution in [-0.4, -0.2) is 55.4 Å². The smallest absolute Gasteiger partial charge is 0.307 e. The number of amides is 1. The zero-order valence-electron chi connectivity index (χ0n) is 20.3. The largest absolute Gasteiger partial charge is 0.466 e. The number of aryl methyl sites for hydroxylation is 1. The first kappa shape index (κ1) is 26.0. The van der Waals surface area contributed by atoms with Gasteiger partial charge in [-0.1, -0.05) is 32.0 Å². The molecule has 0 aliphatic carbocycles. The second-order valence-corrected chi connectivity index (χ2v) is 10.0. The molecule has 2 aliphatic heterocycles. The van der Waals surface area contributed by atoms with Gasteiger partial charge in [-0.25, -0.2) is 8.42 Å². The molecule has 3 heterocycles. The molecule has 1 N–H and O–H groups in total. The van der Waals surface area contributed by atoms with Crippen LogP contribution in [0, 0.1) is 0 Å². The SMILES string of the molecule is CC.CCOC(=O)CCn1cc(Cc2ccccc2S(=O)(=O)N2CCCC2)c2c1CCNC2=O. The Kier molecular flexibility index (Phi) is 8.90. The van der Waals surface area contributed by atoms with Crippen LogP contribution in [0.4, 0.5) is 0 Å². The molecule has 1 fully saturated rings. The summed E-state index contributed by atoms with van der Waals surface area (Å²) in [5, 5.41) is 2.88. The van der Waals surface area contributed by atoms with Crippen molar-refractivity contribution >= 4 is 21.9 Å². The number of carbonyl (C=O) groups excluding carboxylic acids is 2. The Balaban J connectivity index is 0.00000158. The molecule has 2 aliphatic rings. The summed E-state index contributed by atoms with van der Waals surface area (Å²) < 4.78 is 35.0. The number of esters is 1. The second-order valence-electron chi connectivity index (χ2n) is 8.13. The molecule has 0 atom stereocenters. The minimum absolute atomic E-state index is 0.156. The highest BCUT2D eigenvalue weighted by molar-refractivity contribution is 7.89. The van der Waals surface area contributed by atoms with Crippen molar-refractivity contribution in [3.8, 4) is 0 Å². The Morgan fingerprint density at radius 3 is 2.53 bits per heavy atom. The monoisotopic (exact) mass is 489 g/mol. The van der Waals surface area contributed by atoms with E-state index >= 15 is 0 Å². The molecule has 8 nitrogen and oxygen atoms in total. The van der Waals surface area contributed by atoms with Gasteiger partial charge in [-0.05, 0) is 37.0 Å². The third kappa shape index (κ3) is 5.52. The molecule has 34 heavy (non-hydrogen) atoms. The van der Waals surface area contributed by atoms with E-state index in [-0.39, 0.29) is 18.3 Å². The van der Waals surface area contributed by atoms with Crippen molar-refractivity contribution in [2.24, 2.45) is 0 Å². The van der Waals surface area contributed by atoms with Gasteiger partial charge in [0.25, 0.3) is 5.91 Å². The number of ether oxygens (including phenoxy) is 1. The number of nitrogens with zero attached hydrogens (tertiary/aromatic N) is 2. The first-order chi connectivity index (χ1) is 16.4. The lowest BCUT2D eigenvalue weighted by Gasteiger charge is -2.19. The minimum atomic E-state index is -3.58. The molecule has 9 heteroatoms. The van der Waals surface area contributed by atoms with Gasteiger partial charge in [-0.15, -0.1) is 0 Å². The molecule has 2 aromatic rings. The minimum Gasteiger partial charge on any atom is -0.466 e. The fourth-order valence-corrected chi connectivity index (χ4v) is 6.28. The highest BCUT2D eigenvalue weighted by Gasteiger charge is 2.30. The average Bonchev–Trinajstić information content (AvgIpc) is 3.50. The summed E-state index contributed by atoms with van der Waals surface area (Å²) in [7, 11) is -3.58. The average molecular weight is 490 g/mol. The van der Waals surface area contributed by atoms with Gasteiger partial charge in [0.2, 0.25) is 10.0 Å². The Hall–Kier alpha value is -2.65. The number of aromatic nitrogens is 1. The highest BCUT2D eigenvalue weighted by atomic mass is 32.2. The molecule has 1 amide bonds. The second kappa shape index (κ2) is 11.7. The summed E-state index contributed by atoms with van der Waals surface area (Å²) in [6.45, 7) is 8.14. The summed E-state index contributed by atoms with van der Waals surface area (Å²) >= 11 is 0. The van der Waals surface area contributed by atoms with Crippen LogP contribution in [-0.2, 0) is 38.9 Å². The van der Waals surface area contributed by atoms with Gasteiger partial charge in [0, 0.05) is 50.9 Å². The number of hydrogen-bond acceptors (Lipinski definition) is 5. The fraction of sp³-hybridized carbons (Fsp3) is 0.520. The zero-order chi connectivity index (χ0) is 24.7. The van der Waals surface area contributed by atoms with Crippen molar-refractivity contribution in [1.82, 2.24) is 14.2 Å². The molecule has 0 bridgehead atoms. The predicted octanol–water partition coefficient (Wildman–Crippen LogP) is 3.13. The first-order valence-corrected chi connectivity index (χ1v) is 13.6. The van der Waals surface area contributed by atoms with E-state index in [0.717, 1.165) is 24.1 Å². The van der Waals surface area contributed by atoms with Crippen LogP contribution in [0.5, 0.6) is 0 Å². The van der Waals surface area contributed by atoms with Crippen LogP contribution < -0.4 is 5.32 Å². The topological polar surface area (TPSA) is 97.7 Å². The number of benzene rings is 1. The van der Waals surface area contributed by atoms with Gasteiger partial charge in [0.05, 0.1) is 23.5 Å². The van der Waals surface area contributed by atoms with Crippen molar-refractivity contribution in [1.29, 1.82) is 0 Å². The maximum Gasteiger partial charge on any atom is 0.307 e. The van der Waals surface area contributed by atoms with Crippen LogP contribution in [0.15, 0.2) is 35.4 Å². The van der Waals surface area contributed by atoms with E-state index in [2.05, 4.69) is 5.32 Å². The van der Waals surface area contributed by atoms with E-state index < -0.39 is 10.0 Å². The summed E-state index contributed by atoms with van der Waals surface area (Å²) in [6.07, 6.45) is 4.84. The number of rotatable bonds is 8. The normalized spacial score (nSPS) is 15.8. The van der Waals surface area contributed by atoms with Gasteiger partial charge in [-0.2, -0.15) is 4.31 Å². The van der Waals surface area contributed by atoms with Gasteiger partial charge in [-0.3, -0.25) is 9.59 Å². The van der Waals surface area contributed by atoms with Gasteiger partial charge in [0.1, 0.15) is 0 Å². The van der Waals surface area contributed by atoms with Crippen LogP contribution in [0.1, 0.15) is 67.2 Å². The third-order valence-electron chi connectivity index (χ3n) is 6.04. The molecule has 0 radical (unpaired) electrons. The van der Waals surface area contributed by atoms with Gasteiger partial charge in [0.15, 0.2) is 0 Å². The number of hydrogen-bond donors (Lipinski definition) is 1. The van der Waals surface area contributed by atoms with E-state index in [4.69, 9.17) is 4.74 Å². The molecular weight excluding hydrogens is 454 g/mol. The number of sulfonamides is 1. The molecule has 1 aromatic heterocycles. The maximum absolute atomic E-state index is 13.2. The zero-order valence-corrected chi connectivity index (χ0v) is 21.1. The molecule has 186 valence electrons. The highest BCUT2D eigenvalue weighted by Crippen LogP contribution is 2.29. The Labute approximate surface area is 202 Å². The Morgan fingerprint density at radius 2 is 1.82 bits per heavy atom. The number of nitrogens with one attached hydrogen (secondary N) is 1. The summed E-state index contributed by atoms with van der Waals surface area (Å²) in [5.74, 6) is -0.435. The van der Waals surface area contributed by atoms with Crippen molar-refractivity contribution in [3.05, 3.63) is 52.8 Å². The van der Waals surface area contributed by atoms with E-state index in [1.54, 1.807) is 23.4 Å². The summed E-state index contributed by atoms with van der Waals surface area (Å²) in [5.41, 5.74) is 2.91. The Bertz CT molecular complexity index is 1120. The lowest BCUT2D eigenvalue weighted by atomic mass is 9.99. The Morgan fingerprint density at radius 1 is 1.12 bits per heavy atom. The fourth-order valence-electron chi connectivity index (χ4n) is 4.54. The van der Waals surface area contributed by atoms with Crippen molar-refractivity contribution in [3.63, 3.8) is 0 Å². The van der Waals surface area contributed by atoms with E-state index in [0.29, 0.717) is 61.6 Å². The molecule has 4 rings (SSSR count). The van der Waals surface area contributed by atoms with Crippen LogP contribution in [0.2, 0.25) is 0 Å². The molecule has 1 saturated heterocycles. The summed E-state index contributed by atoms with van der Waals surface area (Å²) in [6, 6.07) is 7.01. The van der Waals surface area contributed by atoms with Crippen molar-refractivity contribution in [2.75, 3.05) is 26.2 Å². The van der Waals surface area contributed by atoms with Crippen molar-refractivity contribution < 1.29 is 22.7 Å².